The molecule has 1 aliphatic heterocycles. The summed E-state index contributed by atoms with van der Waals surface area (Å²) in [5, 5.41) is 14.2. The molecular formula is C19H25N5O2. The fraction of sp³-hybridized carbons (Fsp3) is 0.474. The van der Waals surface area contributed by atoms with Crippen LogP contribution in [0.4, 0.5) is 5.69 Å². The number of carbonyl (C=O) groups is 2. The van der Waals surface area contributed by atoms with E-state index in [1.54, 1.807) is 31.2 Å². The van der Waals surface area contributed by atoms with Crippen LogP contribution in [0.25, 0.3) is 0 Å². The normalized spacial score (nSPS) is 13.6. The average molecular weight is 355 g/mol. The van der Waals surface area contributed by atoms with Crippen molar-refractivity contribution < 1.29 is 9.59 Å². The summed E-state index contributed by atoms with van der Waals surface area (Å²) in [6.45, 7) is 3.25. The Morgan fingerprint density at radius 2 is 2.08 bits per heavy atom. The minimum absolute atomic E-state index is 0.0740. The zero-order chi connectivity index (χ0) is 18.4. The lowest BCUT2D eigenvalue weighted by atomic mass is 10.2. The van der Waals surface area contributed by atoms with Crippen molar-refractivity contribution in [3.8, 4) is 0 Å². The summed E-state index contributed by atoms with van der Waals surface area (Å²) in [5.41, 5.74) is 1.16. The maximum Gasteiger partial charge on any atom is 0.251 e. The first-order valence-corrected chi connectivity index (χ1v) is 9.26. The van der Waals surface area contributed by atoms with Gasteiger partial charge in [0, 0.05) is 43.6 Å². The van der Waals surface area contributed by atoms with E-state index in [1.165, 1.54) is 12.8 Å². The summed E-state index contributed by atoms with van der Waals surface area (Å²) in [6.07, 6.45) is 5.59. The van der Waals surface area contributed by atoms with Crippen LogP contribution in [-0.2, 0) is 24.2 Å². The number of hydrogen-bond acceptors (Lipinski definition) is 4. The lowest BCUT2D eigenvalue weighted by Crippen LogP contribution is -2.26. The summed E-state index contributed by atoms with van der Waals surface area (Å²) < 4.78 is 2.19. The highest BCUT2D eigenvalue weighted by Gasteiger charge is 2.15. The highest BCUT2D eigenvalue weighted by molar-refractivity contribution is 5.97. The zero-order valence-corrected chi connectivity index (χ0v) is 15.1. The highest BCUT2D eigenvalue weighted by atomic mass is 16.2. The van der Waals surface area contributed by atoms with E-state index in [0.29, 0.717) is 30.6 Å². The Labute approximate surface area is 153 Å². The van der Waals surface area contributed by atoms with Gasteiger partial charge in [-0.1, -0.05) is 19.4 Å². The number of carbonyl (C=O) groups excluding carboxylic acids is 2. The number of rotatable bonds is 6. The summed E-state index contributed by atoms with van der Waals surface area (Å²) in [4.78, 5) is 23.8. The molecule has 0 fully saturated rings. The molecule has 0 radical (unpaired) electrons. The molecular weight excluding hydrogens is 330 g/mol. The van der Waals surface area contributed by atoms with Crippen LogP contribution in [0.15, 0.2) is 24.3 Å². The van der Waals surface area contributed by atoms with E-state index in [0.717, 1.165) is 31.0 Å². The minimum atomic E-state index is -0.159. The van der Waals surface area contributed by atoms with Crippen LogP contribution in [-0.4, -0.2) is 33.1 Å². The third-order valence-corrected chi connectivity index (χ3v) is 4.55. The maximum absolute atomic E-state index is 12.4. The van der Waals surface area contributed by atoms with E-state index < -0.39 is 0 Å². The monoisotopic (exact) mass is 355 g/mol. The molecule has 26 heavy (non-hydrogen) atoms. The molecule has 7 heteroatoms. The molecule has 1 aromatic heterocycles. The molecule has 0 unspecified atom stereocenters. The molecule has 1 aliphatic rings. The highest BCUT2D eigenvalue weighted by Crippen LogP contribution is 2.15. The molecule has 3 rings (SSSR count). The second-order valence-corrected chi connectivity index (χ2v) is 6.48. The van der Waals surface area contributed by atoms with Gasteiger partial charge in [0.15, 0.2) is 0 Å². The number of benzene rings is 1. The van der Waals surface area contributed by atoms with Gasteiger partial charge in [-0.15, -0.1) is 10.2 Å². The Bertz CT molecular complexity index is 784. The number of aryl methyl sites for hydroxylation is 1. The van der Waals surface area contributed by atoms with Crippen molar-refractivity contribution in [3.63, 3.8) is 0 Å². The predicted molar refractivity (Wildman–Crippen MR) is 99.0 cm³/mol. The van der Waals surface area contributed by atoms with E-state index in [2.05, 4.69) is 25.4 Å². The summed E-state index contributed by atoms with van der Waals surface area (Å²) >= 11 is 0. The molecule has 2 amide bonds. The van der Waals surface area contributed by atoms with Crippen molar-refractivity contribution in [1.29, 1.82) is 0 Å². The second-order valence-electron chi connectivity index (χ2n) is 6.48. The Kier molecular flexibility index (Phi) is 5.99. The quantitative estimate of drug-likeness (QED) is 0.832. The fourth-order valence-corrected chi connectivity index (χ4v) is 3.11. The van der Waals surface area contributed by atoms with Crippen molar-refractivity contribution in [2.75, 3.05) is 11.9 Å². The van der Waals surface area contributed by atoms with E-state index >= 15 is 0 Å². The molecule has 0 spiro atoms. The number of anilines is 1. The Hall–Kier alpha value is -2.70. The number of hydrogen-bond donors (Lipinski definition) is 2. The molecule has 0 saturated heterocycles. The minimum Gasteiger partial charge on any atom is -0.352 e. The van der Waals surface area contributed by atoms with Crippen molar-refractivity contribution in [3.05, 3.63) is 41.5 Å². The standard InChI is InChI=1S/C19H25N5O2/c1-2-18(25)21-15-8-6-7-14(13-15)19(26)20-11-10-17-23-22-16-9-4-3-5-12-24(16)17/h6-8,13H,2-5,9-12H2,1H3,(H,20,26)(H,21,25). The summed E-state index contributed by atoms with van der Waals surface area (Å²) in [7, 11) is 0. The van der Waals surface area contributed by atoms with E-state index in [4.69, 9.17) is 0 Å². The van der Waals surface area contributed by atoms with Crippen LogP contribution in [0.3, 0.4) is 0 Å². The molecule has 0 bridgehead atoms. The molecule has 7 nitrogen and oxygen atoms in total. The van der Waals surface area contributed by atoms with Crippen LogP contribution >= 0.6 is 0 Å². The van der Waals surface area contributed by atoms with Gasteiger partial charge in [-0.05, 0) is 31.0 Å². The SMILES string of the molecule is CCC(=O)Nc1cccc(C(=O)NCCc2nnc3n2CCCCC3)c1. The predicted octanol–water partition coefficient (Wildman–Crippen LogP) is 2.33. The van der Waals surface area contributed by atoms with Crippen LogP contribution in [0.2, 0.25) is 0 Å². The van der Waals surface area contributed by atoms with Gasteiger partial charge < -0.3 is 15.2 Å². The average Bonchev–Trinajstić information content (AvgIpc) is 2.88. The molecule has 1 aromatic carbocycles. The zero-order valence-electron chi connectivity index (χ0n) is 15.1. The second kappa shape index (κ2) is 8.60. The van der Waals surface area contributed by atoms with Gasteiger partial charge in [0.1, 0.15) is 11.6 Å². The number of amides is 2. The molecule has 2 N–H and O–H groups in total. The van der Waals surface area contributed by atoms with Crippen LogP contribution < -0.4 is 10.6 Å². The van der Waals surface area contributed by atoms with Crippen LogP contribution in [0.1, 0.15) is 54.6 Å². The molecule has 0 atom stereocenters. The first-order chi connectivity index (χ1) is 12.7. The van der Waals surface area contributed by atoms with Gasteiger partial charge in [0.25, 0.3) is 5.91 Å². The van der Waals surface area contributed by atoms with E-state index in [-0.39, 0.29) is 11.8 Å². The number of nitrogens with zero attached hydrogens (tertiary/aromatic N) is 3. The smallest absolute Gasteiger partial charge is 0.251 e. The number of nitrogens with one attached hydrogen (secondary N) is 2. The number of aromatic nitrogens is 3. The van der Waals surface area contributed by atoms with Crippen molar-refractivity contribution >= 4 is 17.5 Å². The van der Waals surface area contributed by atoms with Gasteiger partial charge in [0.05, 0.1) is 0 Å². The van der Waals surface area contributed by atoms with Gasteiger partial charge in [-0.25, -0.2) is 0 Å². The largest absolute Gasteiger partial charge is 0.352 e. The van der Waals surface area contributed by atoms with Crippen molar-refractivity contribution in [2.24, 2.45) is 0 Å². The fourth-order valence-electron chi connectivity index (χ4n) is 3.11. The first-order valence-electron chi connectivity index (χ1n) is 9.26. The Morgan fingerprint density at radius 1 is 1.19 bits per heavy atom. The number of fused-ring (bicyclic) bond motifs is 1. The van der Waals surface area contributed by atoms with Gasteiger partial charge in [-0.2, -0.15) is 0 Å². The van der Waals surface area contributed by atoms with Gasteiger partial charge >= 0.3 is 0 Å². The maximum atomic E-state index is 12.4. The molecule has 0 aliphatic carbocycles. The molecule has 2 aromatic rings. The molecule has 0 saturated carbocycles. The van der Waals surface area contributed by atoms with Crippen molar-refractivity contribution in [1.82, 2.24) is 20.1 Å². The first kappa shape index (κ1) is 18.1. The Morgan fingerprint density at radius 3 is 2.92 bits per heavy atom. The van der Waals surface area contributed by atoms with Gasteiger partial charge in [0.2, 0.25) is 5.91 Å². The lowest BCUT2D eigenvalue weighted by molar-refractivity contribution is -0.115. The van der Waals surface area contributed by atoms with Crippen LogP contribution in [0.5, 0.6) is 0 Å². The third-order valence-electron chi connectivity index (χ3n) is 4.55. The topological polar surface area (TPSA) is 88.9 Å². The van der Waals surface area contributed by atoms with Crippen molar-refractivity contribution in [2.45, 2.75) is 52.0 Å². The Balaban J connectivity index is 1.55. The van der Waals surface area contributed by atoms with E-state index in [9.17, 15) is 9.59 Å². The third kappa shape index (κ3) is 4.47. The van der Waals surface area contributed by atoms with Crippen LogP contribution in [0, 0.1) is 0 Å². The molecule has 138 valence electrons. The molecule has 2 heterocycles. The van der Waals surface area contributed by atoms with Gasteiger partial charge in [-0.3, -0.25) is 9.59 Å². The lowest BCUT2D eigenvalue weighted by Gasteiger charge is -2.09. The summed E-state index contributed by atoms with van der Waals surface area (Å²) in [6, 6.07) is 6.96. The summed E-state index contributed by atoms with van der Waals surface area (Å²) in [5.74, 6) is 1.76. The van der Waals surface area contributed by atoms with E-state index in [1.807, 2.05) is 0 Å².